The molecule has 0 saturated carbocycles. The van der Waals surface area contributed by atoms with Gasteiger partial charge in [-0.1, -0.05) is 48.5 Å². The number of aliphatic carboxylic acids is 1. The predicted octanol–water partition coefficient (Wildman–Crippen LogP) is 3.64. The highest BCUT2D eigenvalue weighted by Gasteiger charge is 2.27. The van der Waals surface area contributed by atoms with E-state index >= 15 is 0 Å². The first kappa shape index (κ1) is 13.9. The van der Waals surface area contributed by atoms with E-state index in [-0.39, 0.29) is 17.4 Å². The van der Waals surface area contributed by atoms with Gasteiger partial charge in [0.05, 0.1) is 0 Å². The Morgan fingerprint density at radius 3 is 2.10 bits per heavy atom. The van der Waals surface area contributed by atoms with E-state index in [0.717, 1.165) is 5.75 Å². The number of nitrogens with one attached hydrogen (secondary N) is 1. The molecular formula is C17H15NO2S. The maximum atomic E-state index is 10.7. The lowest BCUT2D eigenvalue weighted by Crippen LogP contribution is -2.15. The Morgan fingerprint density at radius 1 is 1.05 bits per heavy atom. The molecule has 0 bridgehead atoms. The van der Waals surface area contributed by atoms with Crippen molar-refractivity contribution in [2.24, 2.45) is 0 Å². The van der Waals surface area contributed by atoms with Gasteiger partial charge < -0.3 is 5.11 Å². The van der Waals surface area contributed by atoms with Crippen LogP contribution >= 0.6 is 11.8 Å². The molecule has 0 saturated heterocycles. The lowest BCUT2D eigenvalue weighted by molar-refractivity contribution is -0.129. The van der Waals surface area contributed by atoms with E-state index in [4.69, 9.17) is 10.5 Å². The quantitative estimate of drug-likeness (QED) is 0.828. The van der Waals surface area contributed by atoms with E-state index in [2.05, 4.69) is 24.3 Å². The highest BCUT2D eigenvalue weighted by molar-refractivity contribution is 8.00. The Balaban J connectivity index is 1.82. The smallest absolute Gasteiger partial charge is 0.350 e. The molecule has 0 atom stereocenters. The molecule has 0 unspecified atom stereocenters. The average molecular weight is 297 g/mol. The summed E-state index contributed by atoms with van der Waals surface area (Å²) in [6.07, 6.45) is 0. The summed E-state index contributed by atoms with van der Waals surface area (Å²) in [5.74, 6) is 0.193. The second-order valence-electron chi connectivity index (χ2n) is 5.03. The van der Waals surface area contributed by atoms with Crippen LogP contribution in [0.5, 0.6) is 0 Å². The molecule has 0 aliphatic heterocycles. The van der Waals surface area contributed by atoms with E-state index in [0.29, 0.717) is 0 Å². The van der Waals surface area contributed by atoms with Gasteiger partial charge in [-0.2, -0.15) is 11.8 Å². The normalized spacial score (nSPS) is 12.8. The number of fused-ring (bicyclic) bond motifs is 3. The van der Waals surface area contributed by atoms with E-state index in [9.17, 15) is 4.79 Å². The van der Waals surface area contributed by atoms with Gasteiger partial charge in [-0.15, -0.1) is 0 Å². The lowest BCUT2D eigenvalue weighted by atomic mass is 9.99. The minimum absolute atomic E-state index is 0.237. The number of carboxylic acids is 1. The van der Waals surface area contributed by atoms with Crippen molar-refractivity contribution in [3.8, 4) is 11.1 Å². The molecule has 0 fully saturated rings. The average Bonchev–Trinajstić information content (AvgIpc) is 2.82. The second kappa shape index (κ2) is 5.74. The van der Waals surface area contributed by atoms with Gasteiger partial charge in [-0.3, -0.25) is 5.41 Å². The van der Waals surface area contributed by atoms with Crippen LogP contribution in [0.25, 0.3) is 11.1 Å². The molecule has 0 spiro atoms. The molecular weight excluding hydrogens is 282 g/mol. The Kier molecular flexibility index (Phi) is 3.80. The Bertz CT molecular complexity index is 666. The van der Waals surface area contributed by atoms with Crippen molar-refractivity contribution in [2.45, 2.75) is 5.92 Å². The summed E-state index contributed by atoms with van der Waals surface area (Å²) in [5, 5.41) is 16.1. The van der Waals surface area contributed by atoms with E-state index in [1.165, 1.54) is 34.0 Å². The van der Waals surface area contributed by atoms with Crippen LogP contribution in [0.4, 0.5) is 0 Å². The Labute approximate surface area is 127 Å². The van der Waals surface area contributed by atoms with Gasteiger partial charge in [0.1, 0.15) is 5.71 Å². The van der Waals surface area contributed by atoms with Crippen LogP contribution in [0.1, 0.15) is 17.0 Å². The Hall–Kier alpha value is -2.07. The molecule has 2 aromatic rings. The highest BCUT2D eigenvalue weighted by atomic mass is 32.2. The molecule has 2 N–H and O–H groups in total. The molecule has 0 amide bonds. The second-order valence-corrected chi connectivity index (χ2v) is 6.06. The van der Waals surface area contributed by atoms with Crippen LogP contribution in [0.3, 0.4) is 0 Å². The fourth-order valence-electron chi connectivity index (χ4n) is 2.78. The van der Waals surface area contributed by atoms with Gasteiger partial charge in [0.2, 0.25) is 0 Å². The van der Waals surface area contributed by atoms with Gasteiger partial charge in [0.15, 0.2) is 0 Å². The number of hydrogen-bond acceptors (Lipinski definition) is 3. The molecule has 0 heterocycles. The maximum Gasteiger partial charge on any atom is 0.350 e. The Morgan fingerprint density at radius 2 is 1.57 bits per heavy atom. The largest absolute Gasteiger partial charge is 0.477 e. The minimum atomic E-state index is -1.13. The van der Waals surface area contributed by atoms with E-state index in [1.807, 2.05) is 24.3 Å². The first-order valence-electron chi connectivity index (χ1n) is 6.75. The molecule has 4 heteroatoms. The van der Waals surface area contributed by atoms with Gasteiger partial charge in [0, 0.05) is 17.4 Å². The maximum absolute atomic E-state index is 10.7. The third-order valence-corrected chi connectivity index (χ3v) is 4.81. The summed E-state index contributed by atoms with van der Waals surface area (Å²) in [7, 11) is 0. The summed E-state index contributed by atoms with van der Waals surface area (Å²) in [6, 6.07) is 16.7. The summed E-state index contributed by atoms with van der Waals surface area (Å²) in [6.45, 7) is 0. The minimum Gasteiger partial charge on any atom is -0.477 e. The van der Waals surface area contributed by atoms with Crippen molar-refractivity contribution in [3.63, 3.8) is 0 Å². The van der Waals surface area contributed by atoms with Gasteiger partial charge >= 0.3 is 5.97 Å². The number of carboxylic acid groups (broad SMARTS) is 1. The fraction of sp³-hybridized carbons (Fsp3) is 0.176. The summed E-state index contributed by atoms with van der Waals surface area (Å²) in [4.78, 5) is 10.7. The van der Waals surface area contributed by atoms with Gasteiger partial charge in [0.25, 0.3) is 0 Å². The zero-order valence-corrected chi connectivity index (χ0v) is 12.2. The first-order valence-corrected chi connectivity index (χ1v) is 7.90. The summed E-state index contributed by atoms with van der Waals surface area (Å²) < 4.78 is 0. The van der Waals surface area contributed by atoms with Crippen LogP contribution in [-0.2, 0) is 4.79 Å². The molecule has 1 aliphatic carbocycles. The lowest BCUT2D eigenvalue weighted by Gasteiger charge is -2.12. The van der Waals surface area contributed by atoms with Gasteiger partial charge in [-0.05, 0) is 22.3 Å². The number of thioether (sulfide) groups is 1. The fourth-order valence-corrected chi connectivity index (χ4v) is 3.82. The molecule has 3 nitrogen and oxygen atoms in total. The molecule has 2 aromatic carbocycles. The van der Waals surface area contributed by atoms with Crippen molar-refractivity contribution in [1.29, 1.82) is 5.41 Å². The summed E-state index contributed by atoms with van der Waals surface area (Å²) in [5.41, 5.74) is 4.90. The van der Waals surface area contributed by atoms with Crippen LogP contribution in [0.2, 0.25) is 0 Å². The molecule has 3 rings (SSSR count). The van der Waals surface area contributed by atoms with Crippen LogP contribution < -0.4 is 0 Å². The standard InChI is InChI=1S/C17H15NO2S/c18-16(17(19)20)10-21-9-15-13-7-3-1-5-11(13)12-6-2-4-8-14(12)15/h1-8,15,18H,9-10H2,(H,19,20). The van der Waals surface area contributed by atoms with E-state index in [1.54, 1.807) is 0 Å². The zero-order valence-electron chi connectivity index (χ0n) is 11.4. The van der Waals surface area contributed by atoms with Crippen molar-refractivity contribution >= 4 is 23.4 Å². The van der Waals surface area contributed by atoms with Crippen LogP contribution in [0, 0.1) is 5.41 Å². The van der Waals surface area contributed by atoms with Gasteiger partial charge in [-0.25, -0.2) is 4.79 Å². The van der Waals surface area contributed by atoms with Crippen molar-refractivity contribution in [1.82, 2.24) is 0 Å². The first-order chi connectivity index (χ1) is 10.2. The monoisotopic (exact) mass is 297 g/mol. The van der Waals surface area contributed by atoms with E-state index < -0.39 is 5.97 Å². The molecule has 0 aromatic heterocycles. The predicted molar refractivity (Wildman–Crippen MR) is 86.4 cm³/mol. The number of hydrogen-bond donors (Lipinski definition) is 2. The number of benzene rings is 2. The van der Waals surface area contributed by atoms with Crippen LogP contribution in [-0.4, -0.2) is 28.3 Å². The molecule has 21 heavy (non-hydrogen) atoms. The third-order valence-electron chi connectivity index (χ3n) is 3.75. The SMILES string of the molecule is N=C(CSCC1c2ccccc2-c2ccccc21)C(=O)O. The summed E-state index contributed by atoms with van der Waals surface area (Å²) >= 11 is 1.51. The number of carbonyl (C=O) groups is 1. The highest BCUT2D eigenvalue weighted by Crippen LogP contribution is 2.45. The van der Waals surface area contributed by atoms with Crippen LogP contribution in [0.15, 0.2) is 48.5 Å². The van der Waals surface area contributed by atoms with Crippen molar-refractivity contribution in [3.05, 3.63) is 59.7 Å². The van der Waals surface area contributed by atoms with Crippen molar-refractivity contribution < 1.29 is 9.90 Å². The van der Waals surface area contributed by atoms with Crippen molar-refractivity contribution in [2.75, 3.05) is 11.5 Å². The topological polar surface area (TPSA) is 61.2 Å². The zero-order chi connectivity index (χ0) is 14.8. The molecule has 0 radical (unpaired) electrons. The molecule has 106 valence electrons. The molecule has 1 aliphatic rings. The third kappa shape index (κ3) is 2.59. The number of rotatable bonds is 5.